The third-order valence-electron chi connectivity index (χ3n) is 6.38. The maximum Gasteiger partial charge on any atom is 0.189 e. The number of rotatable bonds is 7. The van der Waals surface area contributed by atoms with Crippen LogP contribution in [0.3, 0.4) is 0 Å². The van der Waals surface area contributed by atoms with Crippen molar-refractivity contribution in [3.05, 3.63) is 64.9 Å². The van der Waals surface area contributed by atoms with Crippen molar-refractivity contribution in [3.63, 3.8) is 0 Å². The number of benzene rings is 1. The second-order valence-corrected chi connectivity index (χ2v) is 9.24. The Bertz CT molecular complexity index is 867. The van der Waals surface area contributed by atoms with Gasteiger partial charge in [-0.25, -0.2) is 4.39 Å². The molecule has 0 spiro atoms. The smallest absolute Gasteiger partial charge is 0.189 e. The number of nitrogens with two attached hydrogens (primary N) is 1. The summed E-state index contributed by atoms with van der Waals surface area (Å²) >= 11 is 5.80. The van der Waals surface area contributed by atoms with E-state index in [4.69, 9.17) is 21.1 Å². The monoisotopic (exact) mass is 521 g/mol. The Morgan fingerprint density at radius 2 is 1.78 bits per heavy atom. The molecule has 0 bridgehead atoms. The Labute approximate surface area is 220 Å². The van der Waals surface area contributed by atoms with Crippen molar-refractivity contribution in [3.8, 4) is 0 Å². The number of carbonyl (C=O) groups excluding carboxylic acids is 1. The average molecular weight is 522 g/mol. The summed E-state index contributed by atoms with van der Waals surface area (Å²) in [6.07, 6.45) is 11.2. The van der Waals surface area contributed by atoms with Gasteiger partial charge in [0.2, 0.25) is 0 Å². The maximum absolute atomic E-state index is 12.7. The van der Waals surface area contributed by atoms with Crippen LogP contribution >= 0.6 is 11.6 Å². The maximum atomic E-state index is 12.7. The number of carbonyl (C=O) groups is 1. The molecule has 0 saturated carbocycles. The lowest BCUT2D eigenvalue weighted by atomic mass is 10.1. The molecule has 2 N–H and O–H groups in total. The van der Waals surface area contributed by atoms with E-state index in [0.717, 1.165) is 55.9 Å². The van der Waals surface area contributed by atoms with Gasteiger partial charge in [-0.2, -0.15) is 0 Å². The van der Waals surface area contributed by atoms with Gasteiger partial charge in [0.05, 0.1) is 0 Å². The number of allylic oxidation sites excluding steroid dienone is 3. The molecule has 0 radical (unpaired) electrons. The van der Waals surface area contributed by atoms with E-state index < -0.39 is 0 Å². The molecule has 200 valence electrons. The number of hydrogen-bond acceptors (Lipinski definition) is 6. The third kappa shape index (κ3) is 9.96. The van der Waals surface area contributed by atoms with Gasteiger partial charge >= 0.3 is 0 Å². The Morgan fingerprint density at radius 1 is 1.11 bits per heavy atom. The van der Waals surface area contributed by atoms with Crippen LogP contribution in [0.2, 0.25) is 5.02 Å². The van der Waals surface area contributed by atoms with Crippen LogP contribution in [0, 0.1) is 5.92 Å². The molecular weight excluding hydrogens is 481 g/mol. The molecular formula is C28H41ClFN3O3. The molecule has 1 atom stereocenters. The molecule has 3 saturated heterocycles. The van der Waals surface area contributed by atoms with Crippen molar-refractivity contribution in [2.45, 2.75) is 39.0 Å². The highest BCUT2D eigenvalue weighted by Crippen LogP contribution is 2.24. The molecule has 1 unspecified atom stereocenters. The quantitative estimate of drug-likeness (QED) is 0.478. The molecule has 0 amide bonds. The zero-order chi connectivity index (χ0) is 26.2. The van der Waals surface area contributed by atoms with Gasteiger partial charge in [-0.1, -0.05) is 17.7 Å². The molecule has 4 rings (SSSR count). The van der Waals surface area contributed by atoms with E-state index >= 15 is 0 Å². The van der Waals surface area contributed by atoms with Gasteiger partial charge in [0.1, 0.15) is 25.8 Å². The van der Waals surface area contributed by atoms with Crippen LogP contribution in [0.4, 0.5) is 10.1 Å². The fourth-order valence-corrected chi connectivity index (χ4v) is 4.54. The SMILES string of the molecule is CN.C\C=C(/C=C1/OCCO/C1=C\F)CCCN1CCCC1.O=CC1CCN(c2ccc(Cl)cc2)C1. The summed E-state index contributed by atoms with van der Waals surface area (Å²) in [5.41, 5.74) is 6.82. The van der Waals surface area contributed by atoms with Crippen molar-refractivity contribution >= 4 is 23.6 Å². The second-order valence-electron chi connectivity index (χ2n) is 8.80. The largest absolute Gasteiger partial charge is 0.486 e. The minimum absolute atomic E-state index is 0.200. The van der Waals surface area contributed by atoms with Crippen LogP contribution in [0.25, 0.3) is 0 Å². The van der Waals surface area contributed by atoms with Gasteiger partial charge in [0.25, 0.3) is 0 Å². The topological polar surface area (TPSA) is 68.0 Å². The number of anilines is 1. The fourth-order valence-electron chi connectivity index (χ4n) is 4.41. The highest BCUT2D eigenvalue weighted by Gasteiger charge is 2.21. The van der Waals surface area contributed by atoms with Crippen LogP contribution in [-0.2, 0) is 14.3 Å². The molecule has 3 aliphatic heterocycles. The summed E-state index contributed by atoms with van der Waals surface area (Å²) in [7, 11) is 1.50. The molecule has 3 heterocycles. The molecule has 1 aromatic rings. The van der Waals surface area contributed by atoms with E-state index in [1.165, 1.54) is 38.6 Å². The van der Waals surface area contributed by atoms with Crippen molar-refractivity contribution in [2.24, 2.45) is 11.7 Å². The van der Waals surface area contributed by atoms with Crippen LogP contribution < -0.4 is 10.6 Å². The predicted octanol–water partition coefficient (Wildman–Crippen LogP) is 5.49. The molecule has 3 fully saturated rings. The number of hydrogen-bond donors (Lipinski definition) is 1. The number of nitrogens with zero attached hydrogens (tertiary/aromatic N) is 2. The summed E-state index contributed by atoms with van der Waals surface area (Å²) in [6, 6.07) is 7.75. The third-order valence-corrected chi connectivity index (χ3v) is 6.63. The normalized spacial score (nSPS) is 22.3. The van der Waals surface area contributed by atoms with Gasteiger partial charge < -0.3 is 29.8 Å². The van der Waals surface area contributed by atoms with Crippen molar-refractivity contribution in [1.82, 2.24) is 4.90 Å². The molecule has 8 heteroatoms. The standard InChI is InChI=1S/C16H24FNO2.C11H12ClNO.CH5N/c1-2-14(6-5-9-18-7-3-4-8-18)12-15-16(13-17)20-11-10-19-15;12-10-1-3-11(4-2-10)13-6-5-9(7-13)8-14;1-2/h2,12-13H,3-11H2,1H3;1-4,8-9H,5-7H2;2H2,1H3/b14-2-,15-12+,16-13-;;. The van der Waals surface area contributed by atoms with Crippen LogP contribution in [0.15, 0.2) is 59.8 Å². The summed E-state index contributed by atoms with van der Waals surface area (Å²) in [5, 5.41) is 0.750. The number of ether oxygens (including phenoxy) is 2. The van der Waals surface area contributed by atoms with E-state index in [2.05, 4.69) is 21.6 Å². The number of halogens is 2. The number of aldehydes is 1. The van der Waals surface area contributed by atoms with Gasteiger partial charge in [-0.05, 0) is 102 Å². The van der Waals surface area contributed by atoms with Gasteiger partial charge in [0, 0.05) is 29.7 Å². The molecule has 0 aliphatic carbocycles. The second kappa shape index (κ2) is 17.2. The van der Waals surface area contributed by atoms with E-state index in [0.29, 0.717) is 25.3 Å². The zero-order valence-electron chi connectivity index (χ0n) is 21.6. The summed E-state index contributed by atoms with van der Waals surface area (Å²) in [5.74, 6) is 0.911. The fraction of sp³-hybridized carbons (Fsp3) is 0.536. The Balaban J connectivity index is 0.000000250. The highest BCUT2D eigenvalue weighted by atomic mass is 35.5. The first-order valence-corrected chi connectivity index (χ1v) is 13.2. The highest BCUT2D eigenvalue weighted by molar-refractivity contribution is 6.30. The van der Waals surface area contributed by atoms with Crippen molar-refractivity contribution in [2.75, 3.05) is 57.9 Å². The van der Waals surface area contributed by atoms with Crippen molar-refractivity contribution in [1.29, 1.82) is 0 Å². The predicted molar refractivity (Wildman–Crippen MR) is 146 cm³/mol. The number of likely N-dealkylation sites (tertiary alicyclic amines) is 1. The summed E-state index contributed by atoms with van der Waals surface area (Å²) < 4.78 is 23.4. The molecule has 36 heavy (non-hydrogen) atoms. The average Bonchev–Trinajstić information content (AvgIpc) is 3.63. The molecule has 1 aromatic carbocycles. The van der Waals surface area contributed by atoms with Gasteiger partial charge in [-0.15, -0.1) is 0 Å². The minimum atomic E-state index is 0.200. The van der Waals surface area contributed by atoms with E-state index in [-0.39, 0.29) is 11.7 Å². The summed E-state index contributed by atoms with van der Waals surface area (Å²) in [6.45, 7) is 8.31. The zero-order valence-corrected chi connectivity index (χ0v) is 22.4. The van der Waals surface area contributed by atoms with Gasteiger partial charge in [0.15, 0.2) is 11.5 Å². The first kappa shape index (κ1) is 29.9. The Hall–Kier alpha value is -2.35. The lowest BCUT2D eigenvalue weighted by Gasteiger charge is -2.20. The lowest BCUT2D eigenvalue weighted by Crippen LogP contribution is -2.20. The molecule has 3 aliphatic rings. The molecule has 0 aromatic heterocycles. The van der Waals surface area contributed by atoms with E-state index in [1.807, 2.05) is 37.3 Å². The van der Waals surface area contributed by atoms with Crippen LogP contribution in [-0.4, -0.2) is 64.2 Å². The van der Waals surface area contributed by atoms with E-state index in [9.17, 15) is 9.18 Å². The van der Waals surface area contributed by atoms with Crippen LogP contribution in [0.5, 0.6) is 0 Å². The lowest BCUT2D eigenvalue weighted by molar-refractivity contribution is -0.110. The summed E-state index contributed by atoms with van der Waals surface area (Å²) in [4.78, 5) is 15.3. The van der Waals surface area contributed by atoms with Crippen LogP contribution in [0.1, 0.15) is 39.0 Å². The first-order chi connectivity index (χ1) is 17.6. The molecule has 6 nitrogen and oxygen atoms in total. The Kier molecular flexibility index (Phi) is 14.2. The van der Waals surface area contributed by atoms with E-state index in [1.54, 1.807) is 0 Å². The first-order valence-electron chi connectivity index (χ1n) is 12.8. The Morgan fingerprint density at radius 3 is 2.36 bits per heavy atom. The van der Waals surface area contributed by atoms with Crippen molar-refractivity contribution < 1.29 is 18.7 Å². The van der Waals surface area contributed by atoms with Gasteiger partial charge in [-0.3, -0.25) is 0 Å². The minimum Gasteiger partial charge on any atom is -0.486 e.